The van der Waals surface area contributed by atoms with Gasteiger partial charge in [0.25, 0.3) is 5.91 Å². The van der Waals surface area contributed by atoms with Crippen molar-refractivity contribution in [3.05, 3.63) is 42.0 Å². The second-order valence-electron chi connectivity index (χ2n) is 13.7. The number of unbranched alkanes of at least 4 members (excludes halogenated alkanes) is 15. The minimum absolute atomic E-state index is 0.0320. The molecule has 4 amide bonds. The van der Waals surface area contributed by atoms with E-state index in [1.54, 1.807) is 18.2 Å². The number of nitrogens with zero attached hydrogens (tertiary/aromatic N) is 3. The highest BCUT2D eigenvalue weighted by atomic mass is 16.5. The van der Waals surface area contributed by atoms with E-state index in [1.165, 1.54) is 69.9 Å². The van der Waals surface area contributed by atoms with Gasteiger partial charge in [-0.1, -0.05) is 89.3 Å². The van der Waals surface area contributed by atoms with Gasteiger partial charge < -0.3 is 20.5 Å². The molecule has 0 bridgehead atoms. The molecule has 0 aliphatic carbocycles. The van der Waals surface area contributed by atoms with E-state index in [4.69, 9.17) is 4.74 Å². The zero-order valence-electron chi connectivity index (χ0n) is 31.9. The molecule has 5 N–H and O–H groups in total. The van der Waals surface area contributed by atoms with Crippen LogP contribution in [0.4, 0.5) is 0 Å². The van der Waals surface area contributed by atoms with Crippen molar-refractivity contribution in [2.75, 3.05) is 32.8 Å². The number of hydrogen-bond donors (Lipinski definition) is 5. The van der Waals surface area contributed by atoms with Gasteiger partial charge in [0, 0.05) is 45.1 Å². The summed E-state index contributed by atoms with van der Waals surface area (Å²) in [5.41, 5.74) is 0.437. The number of phenols is 1. The van der Waals surface area contributed by atoms with Crippen LogP contribution in [0.5, 0.6) is 5.75 Å². The number of para-hydroxylation sites is 1. The molecule has 2 rings (SSSR count). The first-order chi connectivity index (χ1) is 25.7. The highest BCUT2D eigenvalue weighted by Gasteiger charge is 2.27. The lowest BCUT2D eigenvalue weighted by atomic mass is 10.1. The number of allylic oxidation sites excluding steroid dienone is 1. The topological polar surface area (TPSA) is 181 Å². The Morgan fingerprint density at radius 3 is 2.02 bits per heavy atom. The number of carbonyl (C=O) groups is 4. The number of hydroxylamine groups is 4. The second-order valence-corrected chi connectivity index (χ2v) is 13.7. The van der Waals surface area contributed by atoms with Crippen LogP contribution in [-0.2, 0) is 23.9 Å². The van der Waals surface area contributed by atoms with Crippen molar-refractivity contribution in [1.29, 1.82) is 0 Å². The van der Waals surface area contributed by atoms with E-state index < -0.39 is 17.9 Å². The quantitative estimate of drug-likeness (QED) is 0.0254. The molecule has 53 heavy (non-hydrogen) atoms. The van der Waals surface area contributed by atoms with Crippen LogP contribution in [0.15, 0.2) is 41.4 Å². The normalized spacial score (nSPS) is 13.8. The van der Waals surface area contributed by atoms with Crippen molar-refractivity contribution < 1.29 is 39.4 Å². The van der Waals surface area contributed by atoms with Crippen molar-refractivity contribution in [3.8, 4) is 5.75 Å². The lowest BCUT2D eigenvalue weighted by Crippen LogP contribution is -2.35. The third kappa shape index (κ3) is 20.8. The molecular weight excluding hydrogens is 678 g/mol. The van der Waals surface area contributed by atoms with Crippen molar-refractivity contribution in [1.82, 2.24) is 20.8 Å². The molecule has 1 aromatic rings. The summed E-state index contributed by atoms with van der Waals surface area (Å²) in [6, 6.07) is 5.93. The predicted molar refractivity (Wildman–Crippen MR) is 205 cm³/mol. The summed E-state index contributed by atoms with van der Waals surface area (Å²) in [5.74, 6) is -1.24. The van der Waals surface area contributed by atoms with E-state index in [0.717, 1.165) is 24.3 Å². The first-order valence-electron chi connectivity index (χ1n) is 19.9. The highest BCUT2D eigenvalue weighted by Crippen LogP contribution is 2.21. The average Bonchev–Trinajstić information content (AvgIpc) is 3.65. The SMILES string of the molecule is CCCCCCCCCCCCC/C=C\C(=O)N(O)CCCCCNC(=O)CCC(=O)N(O)CCCCCNC(=O)[C@@H]1COC(c2ccccc2O)=N1. The van der Waals surface area contributed by atoms with Gasteiger partial charge in [0.2, 0.25) is 23.6 Å². The smallest absolute Gasteiger partial charge is 0.269 e. The Kier molecular flexibility index (Phi) is 24.3. The average molecular weight is 744 g/mol. The number of amides is 4. The zero-order chi connectivity index (χ0) is 38.5. The molecule has 298 valence electrons. The van der Waals surface area contributed by atoms with E-state index in [2.05, 4.69) is 22.5 Å². The molecule has 0 fully saturated rings. The molecule has 1 atom stereocenters. The van der Waals surface area contributed by atoms with Crippen LogP contribution >= 0.6 is 0 Å². The summed E-state index contributed by atoms with van der Waals surface area (Å²) in [6.45, 7) is 3.51. The Balaban J connectivity index is 1.40. The molecule has 0 aromatic heterocycles. The fourth-order valence-corrected chi connectivity index (χ4v) is 5.86. The lowest BCUT2D eigenvalue weighted by Gasteiger charge is -2.15. The molecule has 0 spiro atoms. The number of benzene rings is 1. The van der Waals surface area contributed by atoms with E-state index in [9.17, 15) is 34.7 Å². The summed E-state index contributed by atoms with van der Waals surface area (Å²) < 4.78 is 5.48. The van der Waals surface area contributed by atoms with Crippen molar-refractivity contribution >= 4 is 29.5 Å². The first kappa shape index (κ1) is 45.2. The minimum atomic E-state index is -0.692. The lowest BCUT2D eigenvalue weighted by molar-refractivity contribution is -0.166. The Hall–Kier alpha value is -3.97. The van der Waals surface area contributed by atoms with Crippen LogP contribution in [0.3, 0.4) is 0 Å². The molecule has 0 saturated heterocycles. The summed E-state index contributed by atoms with van der Waals surface area (Å²) in [5, 5.41) is 36.9. The van der Waals surface area contributed by atoms with Crippen molar-refractivity contribution in [3.63, 3.8) is 0 Å². The van der Waals surface area contributed by atoms with Crippen molar-refractivity contribution in [2.45, 2.75) is 141 Å². The van der Waals surface area contributed by atoms with E-state index in [1.807, 2.05) is 6.08 Å². The highest BCUT2D eigenvalue weighted by molar-refractivity contribution is 6.00. The number of aliphatic imine (C=N–C) groups is 1. The molecule has 1 aliphatic heterocycles. The van der Waals surface area contributed by atoms with Gasteiger partial charge in [-0.2, -0.15) is 0 Å². The largest absolute Gasteiger partial charge is 0.507 e. The minimum Gasteiger partial charge on any atom is -0.507 e. The van der Waals surface area contributed by atoms with Crippen LogP contribution in [0.2, 0.25) is 0 Å². The Labute approximate surface area is 316 Å². The molecule has 0 radical (unpaired) electrons. The zero-order valence-corrected chi connectivity index (χ0v) is 31.9. The van der Waals surface area contributed by atoms with Crippen LogP contribution in [0.1, 0.15) is 141 Å². The van der Waals surface area contributed by atoms with Gasteiger partial charge in [-0.15, -0.1) is 0 Å². The first-order valence-corrected chi connectivity index (χ1v) is 19.9. The molecule has 1 aliphatic rings. The molecule has 13 heteroatoms. The van der Waals surface area contributed by atoms with Gasteiger partial charge in [0.05, 0.1) is 5.56 Å². The maximum absolute atomic E-state index is 12.4. The Morgan fingerprint density at radius 2 is 1.36 bits per heavy atom. The number of carbonyl (C=O) groups excluding carboxylic acids is 4. The number of nitrogens with one attached hydrogen (secondary N) is 2. The van der Waals surface area contributed by atoms with Crippen LogP contribution in [0, 0.1) is 0 Å². The molecular formula is C40H65N5O8. The number of rotatable bonds is 30. The standard InChI is InChI=1S/C40H65N5O8/c1-2-3-4-5-6-7-8-9-10-11-12-13-16-25-37(48)44(51)30-21-14-19-28-41-36(47)26-27-38(49)45(52)31-22-15-20-29-42-39(50)34-32-53-40(43-34)33-23-17-18-24-35(33)46/h16-18,23-25,34,46,51-52H,2-15,19-22,26-32H2,1H3,(H,41,47)(H,42,50)/b25-16-/t34-/m0/s1. The monoisotopic (exact) mass is 743 g/mol. The third-order valence-electron chi connectivity index (χ3n) is 9.15. The third-order valence-corrected chi connectivity index (χ3v) is 9.15. The molecule has 1 heterocycles. The maximum Gasteiger partial charge on any atom is 0.269 e. The van der Waals surface area contributed by atoms with E-state index >= 15 is 0 Å². The summed E-state index contributed by atoms with van der Waals surface area (Å²) in [7, 11) is 0. The summed E-state index contributed by atoms with van der Waals surface area (Å²) in [4.78, 5) is 53.1. The van der Waals surface area contributed by atoms with Crippen LogP contribution in [-0.4, -0.2) is 94.0 Å². The predicted octanol–water partition coefficient (Wildman–Crippen LogP) is 6.58. The maximum atomic E-state index is 12.4. The second kappa shape index (κ2) is 28.5. The Morgan fingerprint density at radius 1 is 0.774 bits per heavy atom. The number of ether oxygens (including phenoxy) is 1. The fourth-order valence-electron chi connectivity index (χ4n) is 5.86. The molecule has 1 aromatic carbocycles. The number of aromatic hydroxyl groups is 1. The summed E-state index contributed by atoms with van der Waals surface area (Å²) >= 11 is 0. The van der Waals surface area contributed by atoms with Crippen molar-refractivity contribution in [2.24, 2.45) is 4.99 Å². The van der Waals surface area contributed by atoms with Gasteiger partial charge in [0.15, 0.2) is 6.04 Å². The van der Waals surface area contributed by atoms with Crippen LogP contribution in [0.25, 0.3) is 0 Å². The molecule has 13 nitrogen and oxygen atoms in total. The van der Waals surface area contributed by atoms with Gasteiger partial charge in [-0.3, -0.25) is 29.6 Å². The summed E-state index contributed by atoms with van der Waals surface area (Å²) in [6.07, 6.45) is 21.9. The van der Waals surface area contributed by atoms with Crippen LogP contribution < -0.4 is 10.6 Å². The van der Waals surface area contributed by atoms with E-state index in [0.29, 0.717) is 62.2 Å². The van der Waals surface area contributed by atoms with Gasteiger partial charge >= 0.3 is 0 Å². The fraction of sp³-hybridized carbons (Fsp3) is 0.675. The number of hydrogen-bond acceptors (Lipinski definition) is 9. The van der Waals surface area contributed by atoms with Gasteiger partial charge in [-0.05, 0) is 63.5 Å². The Bertz CT molecular complexity index is 1270. The molecule has 0 unspecified atom stereocenters. The number of phenolic OH excluding ortho intramolecular Hbond substituents is 1. The van der Waals surface area contributed by atoms with Gasteiger partial charge in [-0.25, -0.2) is 15.1 Å². The van der Waals surface area contributed by atoms with E-state index in [-0.39, 0.29) is 56.0 Å². The molecule has 0 saturated carbocycles. The van der Waals surface area contributed by atoms with Gasteiger partial charge in [0.1, 0.15) is 12.4 Å².